The molecular formula is C22H28N2O3. The average Bonchev–Trinajstić information content (AvgIpc) is 2.67. The van der Waals surface area contributed by atoms with Gasteiger partial charge in [-0.15, -0.1) is 0 Å². The molecule has 1 N–H and O–H groups in total. The third-order valence-corrected chi connectivity index (χ3v) is 5.05. The number of hydrogen-bond acceptors (Lipinski definition) is 4. The maximum Gasteiger partial charge on any atom is 0.254 e. The van der Waals surface area contributed by atoms with Crippen LogP contribution < -0.4 is 4.74 Å². The first-order valence-corrected chi connectivity index (χ1v) is 9.41. The highest BCUT2D eigenvalue weighted by Gasteiger charge is 2.29. The number of hydrogen-bond donors (Lipinski definition) is 1. The van der Waals surface area contributed by atoms with Crippen molar-refractivity contribution >= 4 is 5.91 Å². The number of amides is 1. The van der Waals surface area contributed by atoms with E-state index < -0.39 is 0 Å². The lowest BCUT2D eigenvalue weighted by Gasteiger charge is -2.36. The smallest absolute Gasteiger partial charge is 0.254 e. The van der Waals surface area contributed by atoms with Gasteiger partial charge in [0.2, 0.25) is 0 Å². The van der Waals surface area contributed by atoms with Gasteiger partial charge < -0.3 is 19.6 Å². The lowest BCUT2D eigenvalue weighted by Crippen LogP contribution is -2.38. The fourth-order valence-corrected chi connectivity index (χ4v) is 3.72. The van der Waals surface area contributed by atoms with Gasteiger partial charge in [-0.2, -0.15) is 0 Å². The Kier molecular flexibility index (Phi) is 6.01. The topological polar surface area (TPSA) is 53.0 Å². The van der Waals surface area contributed by atoms with Crippen molar-refractivity contribution in [3.05, 3.63) is 59.2 Å². The van der Waals surface area contributed by atoms with Crippen LogP contribution in [-0.2, 0) is 6.54 Å². The normalized spacial score (nSPS) is 17.2. The Balaban J connectivity index is 1.82. The molecule has 5 nitrogen and oxygen atoms in total. The maximum absolute atomic E-state index is 13.1. The van der Waals surface area contributed by atoms with Crippen LogP contribution in [0.2, 0.25) is 0 Å². The number of phenols is 1. The van der Waals surface area contributed by atoms with Gasteiger partial charge in [-0.1, -0.05) is 24.3 Å². The number of ether oxygens (including phenoxy) is 1. The molecule has 0 aliphatic carbocycles. The van der Waals surface area contributed by atoms with Crippen molar-refractivity contribution in [3.8, 4) is 11.5 Å². The highest BCUT2D eigenvalue weighted by atomic mass is 16.5. The van der Waals surface area contributed by atoms with Gasteiger partial charge in [0, 0.05) is 18.7 Å². The molecule has 1 atom stereocenters. The highest BCUT2D eigenvalue weighted by molar-refractivity contribution is 5.95. The van der Waals surface area contributed by atoms with Crippen molar-refractivity contribution in [2.45, 2.75) is 31.8 Å². The van der Waals surface area contributed by atoms with Gasteiger partial charge >= 0.3 is 0 Å². The van der Waals surface area contributed by atoms with Crippen molar-refractivity contribution in [3.63, 3.8) is 0 Å². The van der Waals surface area contributed by atoms with Gasteiger partial charge in [0.25, 0.3) is 5.91 Å². The molecule has 0 aromatic heterocycles. The first-order chi connectivity index (χ1) is 13.0. The monoisotopic (exact) mass is 368 g/mol. The second kappa shape index (κ2) is 8.44. The second-order valence-electron chi connectivity index (χ2n) is 7.38. The van der Waals surface area contributed by atoms with E-state index in [9.17, 15) is 9.90 Å². The van der Waals surface area contributed by atoms with E-state index in [1.807, 2.05) is 4.90 Å². The fraction of sp³-hybridized carbons (Fsp3) is 0.409. The molecule has 1 fully saturated rings. The van der Waals surface area contributed by atoms with Crippen LogP contribution in [-0.4, -0.2) is 48.6 Å². The summed E-state index contributed by atoms with van der Waals surface area (Å²) in [6.07, 6.45) is 3.08. The zero-order chi connectivity index (χ0) is 19.4. The number of aromatic hydroxyl groups is 1. The molecule has 1 saturated heterocycles. The molecule has 144 valence electrons. The summed E-state index contributed by atoms with van der Waals surface area (Å²) in [5.41, 5.74) is 2.92. The van der Waals surface area contributed by atoms with E-state index in [1.165, 1.54) is 24.3 Å². The maximum atomic E-state index is 13.1. The standard InChI is InChI=1S/C22H28N2O3/c1-23(2)15-16-7-9-17(10-8-16)19-6-4-5-13-24(19)22(26)18-11-12-21(27-3)20(25)14-18/h7-12,14,19,25H,4-6,13,15H2,1-3H3. The number of carbonyl (C=O) groups excluding carboxylic acids is 1. The Morgan fingerprint density at radius 3 is 2.56 bits per heavy atom. The molecule has 0 radical (unpaired) electrons. The van der Waals surface area contributed by atoms with E-state index in [4.69, 9.17) is 4.74 Å². The second-order valence-corrected chi connectivity index (χ2v) is 7.38. The summed E-state index contributed by atoms with van der Waals surface area (Å²) in [7, 11) is 5.61. The summed E-state index contributed by atoms with van der Waals surface area (Å²) in [5.74, 6) is 0.318. The molecule has 1 aliphatic heterocycles. The number of nitrogens with zero attached hydrogens (tertiary/aromatic N) is 2. The third-order valence-electron chi connectivity index (χ3n) is 5.05. The van der Waals surface area contributed by atoms with Crippen LogP contribution in [0.1, 0.15) is 46.8 Å². The number of benzene rings is 2. The van der Waals surface area contributed by atoms with Gasteiger partial charge in [0.05, 0.1) is 13.2 Å². The van der Waals surface area contributed by atoms with Gasteiger partial charge in [0.15, 0.2) is 11.5 Å². The first-order valence-electron chi connectivity index (χ1n) is 9.41. The van der Waals surface area contributed by atoms with Gasteiger partial charge in [-0.05, 0) is 62.7 Å². The zero-order valence-corrected chi connectivity index (χ0v) is 16.3. The largest absolute Gasteiger partial charge is 0.504 e. The Hall–Kier alpha value is -2.53. The predicted molar refractivity (Wildman–Crippen MR) is 106 cm³/mol. The summed E-state index contributed by atoms with van der Waals surface area (Å²) in [4.78, 5) is 17.2. The van der Waals surface area contributed by atoms with Crippen molar-refractivity contribution in [2.24, 2.45) is 0 Å². The van der Waals surface area contributed by atoms with Crippen LogP contribution in [0.4, 0.5) is 0 Å². The molecule has 1 amide bonds. The molecule has 0 spiro atoms. The number of carbonyl (C=O) groups is 1. The Morgan fingerprint density at radius 2 is 1.93 bits per heavy atom. The van der Waals surface area contributed by atoms with E-state index in [1.54, 1.807) is 12.1 Å². The Bertz CT molecular complexity index is 787. The first kappa shape index (κ1) is 19.2. The van der Waals surface area contributed by atoms with Crippen molar-refractivity contribution in [2.75, 3.05) is 27.7 Å². The molecule has 27 heavy (non-hydrogen) atoms. The third kappa shape index (κ3) is 4.42. The molecule has 0 bridgehead atoms. The summed E-state index contributed by atoms with van der Waals surface area (Å²) in [6, 6.07) is 13.5. The van der Waals surface area contributed by atoms with E-state index in [2.05, 4.69) is 43.3 Å². The van der Waals surface area contributed by atoms with Crippen LogP contribution in [0.15, 0.2) is 42.5 Å². The molecule has 2 aromatic carbocycles. The molecule has 1 aliphatic rings. The summed E-state index contributed by atoms with van der Waals surface area (Å²) >= 11 is 0. The lowest BCUT2D eigenvalue weighted by molar-refractivity contribution is 0.0611. The zero-order valence-electron chi connectivity index (χ0n) is 16.3. The SMILES string of the molecule is COc1ccc(C(=O)N2CCCCC2c2ccc(CN(C)C)cc2)cc1O. The summed E-state index contributed by atoms with van der Waals surface area (Å²) < 4.78 is 5.08. The van der Waals surface area contributed by atoms with Crippen LogP contribution in [0.3, 0.4) is 0 Å². The van der Waals surface area contributed by atoms with Crippen LogP contribution in [0.25, 0.3) is 0 Å². The summed E-state index contributed by atoms with van der Waals surface area (Å²) in [6.45, 7) is 1.63. The molecule has 3 rings (SSSR count). The minimum absolute atomic E-state index is 0.00931. The molecule has 2 aromatic rings. The Labute approximate surface area is 161 Å². The van der Waals surface area contributed by atoms with Crippen LogP contribution >= 0.6 is 0 Å². The number of phenolic OH excluding ortho intramolecular Hbond substituents is 1. The number of rotatable bonds is 5. The average molecular weight is 368 g/mol. The minimum atomic E-state index is -0.0463. The molecule has 1 heterocycles. The van der Waals surface area contributed by atoms with E-state index in [-0.39, 0.29) is 17.7 Å². The number of methoxy groups -OCH3 is 1. The fourth-order valence-electron chi connectivity index (χ4n) is 3.72. The van der Waals surface area contributed by atoms with Crippen molar-refractivity contribution in [1.82, 2.24) is 9.80 Å². The molecule has 1 unspecified atom stereocenters. The highest BCUT2D eigenvalue weighted by Crippen LogP contribution is 2.34. The summed E-state index contributed by atoms with van der Waals surface area (Å²) in [5, 5.41) is 10.0. The predicted octanol–water partition coefficient (Wildman–Crippen LogP) is 3.83. The molecule has 5 heteroatoms. The number of piperidine rings is 1. The molecule has 0 saturated carbocycles. The van der Waals surface area contributed by atoms with Crippen molar-refractivity contribution in [1.29, 1.82) is 0 Å². The van der Waals surface area contributed by atoms with Gasteiger partial charge in [0.1, 0.15) is 0 Å². The minimum Gasteiger partial charge on any atom is -0.504 e. The lowest BCUT2D eigenvalue weighted by atomic mass is 9.93. The Morgan fingerprint density at radius 1 is 1.19 bits per heavy atom. The van der Waals surface area contributed by atoms with Gasteiger partial charge in [-0.3, -0.25) is 4.79 Å². The van der Waals surface area contributed by atoms with Gasteiger partial charge in [-0.25, -0.2) is 0 Å². The van der Waals surface area contributed by atoms with Crippen LogP contribution in [0.5, 0.6) is 11.5 Å². The molecular weight excluding hydrogens is 340 g/mol. The van der Waals surface area contributed by atoms with E-state index in [0.717, 1.165) is 32.4 Å². The van der Waals surface area contributed by atoms with E-state index >= 15 is 0 Å². The quantitative estimate of drug-likeness (QED) is 0.871. The van der Waals surface area contributed by atoms with E-state index in [0.29, 0.717) is 11.3 Å². The number of likely N-dealkylation sites (tertiary alicyclic amines) is 1. The van der Waals surface area contributed by atoms with Crippen molar-refractivity contribution < 1.29 is 14.6 Å². The van der Waals surface area contributed by atoms with Crippen LogP contribution in [0, 0.1) is 0 Å².